The van der Waals surface area contributed by atoms with Crippen LogP contribution in [0.1, 0.15) is 6.42 Å². The standard InChI is InChI=1S/C26H23N3O3S2/c30-24(29(20-11-5-2-6-12-20)21-15-16-34(31,32)18-21)17-33-26-23-14-8-7-13-22(23)25(27-28-26)19-9-3-1-4-10-19/h1-14,21H,15-18H2. The molecule has 1 saturated heterocycles. The van der Waals surface area contributed by atoms with Gasteiger partial charge in [-0.05, 0) is 18.6 Å². The molecule has 0 spiro atoms. The maximum atomic E-state index is 13.4. The first-order valence-electron chi connectivity index (χ1n) is 11.0. The monoisotopic (exact) mass is 489 g/mol. The topological polar surface area (TPSA) is 80.2 Å². The smallest absolute Gasteiger partial charge is 0.237 e. The molecule has 1 aliphatic heterocycles. The molecule has 1 aromatic heterocycles. The lowest BCUT2D eigenvalue weighted by Gasteiger charge is -2.28. The summed E-state index contributed by atoms with van der Waals surface area (Å²) in [6.07, 6.45) is 0.447. The molecule has 34 heavy (non-hydrogen) atoms. The second-order valence-electron chi connectivity index (χ2n) is 8.21. The van der Waals surface area contributed by atoms with E-state index < -0.39 is 9.84 Å². The number of aromatic nitrogens is 2. The Balaban J connectivity index is 1.42. The van der Waals surface area contributed by atoms with Crippen LogP contribution < -0.4 is 4.90 Å². The third kappa shape index (κ3) is 4.69. The number of hydrogen-bond donors (Lipinski definition) is 0. The predicted molar refractivity (Wildman–Crippen MR) is 137 cm³/mol. The molecule has 0 saturated carbocycles. The van der Waals surface area contributed by atoms with Crippen molar-refractivity contribution in [2.24, 2.45) is 0 Å². The van der Waals surface area contributed by atoms with Crippen molar-refractivity contribution < 1.29 is 13.2 Å². The van der Waals surface area contributed by atoms with Crippen molar-refractivity contribution in [2.75, 3.05) is 22.2 Å². The van der Waals surface area contributed by atoms with E-state index in [1.54, 1.807) is 4.90 Å². The van der Waals surface area contributed by atoms with Crippen LogP contribution >= 0.6 is 11.8 Å². The second kappa shape index (κ2) is 9.56. The average Bonchev–Trinajstić information content (AvgIpc) is 3.22. The fourth-order valence-corrected chi connectivity index (χ4v) is 6.85. The highest BCUT2D eigenvalue weighted by atomic mass is 32.2. The van der Waals surface area contributed by atoms with Crippen LogP contribution in [0.15, 0.2) is 90.0 Å². The Kier molecular flexibility index (Phi) is 6.34. The highest BCUT2D eigenvalue weighted by Gasteiger charge is 2.35. The summed E-state index contributed by atoms with van der Waals surface area (Å²) in [5, 5.41) is 11.5. The Morgan fingerprint density at radius 3 is 2.21 bits per heavy atom. The van der Waals surface area contributed by atoms with Crippen LogP contribution in [-0.2, 0) is 14.6 Å². The van der Waals surface area contributed by atoms with E-state index in [4.69, 9.17) is 0 Å². The fraction of sp³-hybridized carbons (Fsp3) is 0.192. The number of carbonyl (C=O) groups excluding carboxylic acids is 1. The van der Waals surface area contributed by atoms with E-state index in [-0.39, 0.29) is 29.2 Å². The van der Waals surface area contributed by atoms with E-state index in [1.807, 2.05) is 84.9 Å². The number of fused-ring (bicyclic) bond motifs is 1. The zero-order valence-corrected chi connectivity index (χ0v) is 20.0. The van der Waals surface area contributed by atoms with Crippen molar-refractivity contribution >= 4 is 44.0 Å². The normalized spacial score (nSPS) is 17.0. The first kappa shape index (κ1) is 22.6. The highest BCUT2D eigenvalue weighted by Crippen LogP contribution is 2.32. The van der Waals surface area contributed by atoms with Crippen LogP contribution in [0.4, 0.5) is 5.69 Å². The molecule has 4 aromatic rings. The number of anilines is 1. The van der Waals surface area contributed by atoms with Crippen molar-refractivity contribution in [3.8, 4) is 11.3 Å². The van der Waals surface area contributed by atoms with E-state index in [9.17, 15) is 13.2 Å². The summed E-state index contributed by atoms with van der Waals surface area (Å²) in [6, 6.07) is 26.7. The molecule has 1 unspecified atom stereocenters. The zero-order valence-electron chi connectivity index (χ0n) is 18.4. The summed E-state index contributed by atoms with van der Waals surface area (Å²) in [5.41, 5.74) is 2.50. The number of carbonyl (C=O) groups is 1. The van der Waals surface area contributed by atoms with Gasteiger partial charge in [0, 0.05) is 22.0 Å². The van der Waals surface area contributed by atoms with Gasteiger partial charge in [-0.3, -0.25) is 4.79 Å². The van der Waals surface area contributed by atoms with Crippen LogP contribution in [0.5, 0.6) is 0 Å². The minimum Gasteiger partial charge on any atom is -0.308 e. The summed E-state index contributed by atoms with van der Waals surface area (Å²) >= 11 is 1.33. The van der Waals surface area contributed by atoms with Crippen LogP contribution in [0.3, 0.4) is 0 Å². The van der Waals surface area contributed by atoms with Gasteiger partial charge in [-0.25, -0.2) is 8.42 Å². The van der Waals surface area contributed by atoms with Gasteiger partial charge in [-0.1, -0.05) is 84.6 Å². The van der Waals surface area contributed by atoms with Gasteiger partial charge in [0.1, 0.15) is 10.7 Å². The quantitative estimate of drug-likeness (QED) is 0.368. The fourth-order valence-electron chi connectivity index (χ4n) is 4.32. The van der Waals surface area contributed by atoms with Crippen LogP contribution in [0.2, 0.25) is 0 Å². The molecule has 1 atom stereocenters. The van der Waals surface area contributed by atoms with Gasteiger partial charge >= 0.3 is 0 Å². The van der Waals surface area contributed by atoms with Gasteiger partial charge in [0.15, 0.2) is 9.84 Å². The predicted octanol–water partition coefficient (Wildman–Crippen LogP) is 4.61. The summed E-state index contributed by atoms with van der Waals surface area (Å²) in [7, 11) is -3.13. The lowest BCUT2D eigenvalue weighted by molar-refractivity contribution is -0.116. The van der Waals surface area contributed by atoms with Crippen LogP contribution in [0, 0.1) is 0 Å². The third-order valence-electron chi connectivity index (χ3n) is 5.91. The molecule has 6 nitrogen and oxygen atoms in total. The third-order valence-corrected chi connectivity index (χ3v) is 8.63. The first-order valence-corrected chi connectivity index (χ1v) is 13.8. The molecule has 2 heterocycles. The number of nitrogens with zero attached hydrogens (tertiary/aromatic N) is 3. The van der Waals surface area contributed by atoms with E-state index in [2.05, 4.69) is 10.2 Å². The number of sulfone groups is 1. The molecule has 172 valence electrons. The maximum Gasteiger partial charge on any atom is 0.237 e. The Labute approximate surface area is 202 Å². The summed E-state index contributed by atoms with van der Waals surface area (Å²) in [6.45, 7) is 0. The molecule has 1 aliphatic rings. The molecular formula is C26H23N3O3S2. The number of amides is 1. The lowest BCUT2D eigenvalue weighted by Crippen LogP contribution is -2.42. The van der Waals surface area contributed by atoms with E-state index >= 15 is 0 Å². The van der Waals surface area contributed by atoms with E-state index in [0.29, 0.717) is 17.1 Å². The van der Waals surface area contributed by atoms with Gasteiger partial charge in [0.25, 0.3) is 0 Å². The van der Waals surface area contributed by atoms with Crippen molar-refractivity contribution in [1.29, 1.82) is 0 Å². The molecule has 0 radical (unpaired) electrons. The summed E-state index contributed by atoms with van der Waals surface area (Å²) in [4.78, 5) is 15.0. The Hall–Kier alpha value is -3.23. The molecule has 0 bridgehead atoms. The first-order chi connectivity index (χ1) is 16.5. The van der Waals surface area contributed by atoms with Gasteiger partial charge < -0.3 is 4.90 Å². The minimum atomic E-state index is -3.13. The Bertz CT molecular complexity index is 1430. The largest absolute Gasteiger partial charge is 0.308 e. The van der Waals surface area contributed by atoms with Gasteiger partial charge in [0.05, 0.1) is 23.3 Å². The van der Waals surface area contributed by atoms with Crippen LogP contribution in [0.25, 0.3) is 22.0 Å². The van der Waals surface area contributed by atoms with Gasteiger partial charge in [-0.2, -0.15) is 0 Å². The minimum absolute atomic E-state index is 0.00713. The molecule has 3 aromatic carbocycles. The molecular weight excluding hydrogens is 466 g/mol. The molecule has 1 amide bonds. The zero-order chi connectivity index (χ0) is 23.5. The van der Waals surface area contributed by atoms with E-state index in [0.717, 1.165) is 22.0 Å². The summed E-state index contributed by atoms with van der Waals surface area (Å²) in [5.74, 6) is 0.0939. The lowest BCUT2D eigenvalue weighted by atomic mass is 10.1. The molecule has 5 rings (SSSR count). The SMILES string of the molecule is O=C(CSc1nnc(-c2ccccc2)c2ccccc12)N(c1ccccc1)C1CCS(=O)(=O)C1. The van der Waals surface area contributed by atoms with Crippen molar-refractivity contribution in [3.05, 3.63) is 84.9 Å². The number of hydrogen-bond acceptors (Lipinski definition) is 6. The van der Waals surface area contributed by atoms with Gasteiger partial charge in [0.2, 0.25) is 5.91 Å². The average molecular weight is 490 g/mol. The molecule has 8 heteroatoms. The van der Waals surface area contributed by atoms with Gasteiger partial charge in [-0.15, -0.1) is 10.2 Å². The molecule has 0 N–H and O–H groups in total. The summed E-state index contributed by atoms with van der Waals surface area (Å²) < 4.78 is 24.2. The Morgan fingerprint density at radius 2 is 1.53 bits per heavy atom. The van der Waals surface area contributed by atoms with E-state index in [1.165, 1.54) is 11.8 Å². The van der Waals surface area contributed by atoms with Crippen LogP contribution in [-0.4, -0.2) is 47.8 Å². The number of benzene rings is 3. The molecule has 1 fully saturated rings. The number of para-hydroxylation sites is 1. The highest BCUT2D eigenvalue weighted by molar-refractivity contribution is 8.00. The second-order valence-corrected chi connectivity index (χ2v) is 11.4. The maximum absolute atomic E-state index is 13.4. The van der Waals surface area contributed by atoms with Crippen molar-refractivity contribution in [2.45, 2.75) is 17.5 Å². The molecule has 0 aliphatic carbocycles. The number of rotatable bonds is 6. The van der Waals surface area contributed by atoms with Crippen molar-refractivity contribution in [3.63, 3.8) is 0 Å². The van der Waals surface area contributed by atoms with Crippen molar-refractivity contribution in [1.82, 2.24) is 10.2 Å². The Morgan fingerprint density at radius 1 is 0.882 bits per heavy atom. The number of thioether (sulfide) groups is 1.